The predicted octanol–water partition coefficient (Wildman–Crippen LogP) is 5.30. The number of benzene rings is 3. The van der Waals surface area contributed by atoms with Gasteiger partial charge in [-0.05, 0) is 29.8 Å². The molecule has 0 fully saturated rings. The fraction of sp³-hybridized carbons (Fsp3) is 0.0952. The van der Waals surface area contributed by atoms with Gasteiger partial charge in [0.1, 0.15) is 17.7 Å². The number of anilines is 1. The van der Waals surface area contributed by atoms with Crippen LogP contribution in [0.1, 0.15) is 23.7 Å². The molecule has 3 aromatic carbocycles. The first kappa shape index (κ1) is 16.3. The molecule has 130 valence electrons. The Morgan fingerprint density at radius 1 is 0.923 bits per heavy atom. The summed E-state index contributed by atoms with van der Waals surface area (Å²) >= 11 is 0. The summed E-state index contributed by atoms with van der Waals surface area (Å²) in [4.78, 5) is 0. The molecule has 3 aromatic rings. The molecule has 0 saturated heterocycles. The minimum atomic E-state index is -0.686. The number of ether oxygens (including phenoxy) is 1. The van der Waals surface area contributed by atoms with Gasteiger partial charge in [-0.3, -0.25) is 5.43 Å². The Labute approximate surface area is 149 Å². The SMILES string of the molecule is Fc1ccc(NN=C2C[C@H](c3ccccc3)Oc3ccccc32)c(F)c1. The maximum atomic E-state index is 13.8. The zero-order valence-electron chi connectivity index (χ0n) is 13.8. The molecule has 5 heteroatoms. The zero-order chi connectivity index (χ0) is 17.9. The van der Waals surface area contributed by atoms with E-state index < -0.39 is 11.6 Å². The Morgan fingerprint density at radius 3 is 2.50 bits per heavy atom. The Balaban J connectivity index is 1.67. The van der Waals surface area contributed by atoms with Crippen molar-refractivity contribution in [1.82, 2.24) is 0 Å². The molecule has 1 aliphatic heterocycles. The molecule has 0 unspecified atom stereocenters. The van der Waals surface area contributed by atoms with Crippen molar-refractivity contribution >= 4 is 11.4 Å². The molecule has 0 saturated carbocycles. The third-order valence-electron chi connectivity index (χ3n) is 4.26. The fourth-order valence-corrected chi connectivity index (χ4v) is 2.96. The van der Waals surface area contributed by atoms with Crippen LogP contribution in [0.5, 0.6) is 5.75 Å². The van der Waals surface area contributed by atoms with E-state index in [2.05, 4.69) is 10.5 Å². The zero-order valence-corrected chi connectivity index (χ0v) is 13.8. The maximum Gasteiger partial charge on any atom is 0.151 e. The van der Waals surface area contributed by atoms with E-state index in [0.29, 0.717) is 6.42 Å². The van der Waals surface area contributed by atoms with E-state index in [4.69, 9.17) is 4.74 Å². The smallest absolute Gasteiger partial charge is 0.151 e. The van der Waals surface area contributed by atoms with Crippen molar-refractivity contribution in [1.29, 1.82) is 0 Å². The van der Waals surface area contributed by atoms with Gasteiger partial charge in [0.2, 0.25) is 0 Å². The van der Waals surface area contributed by atoms with Crippen LogP contribution in [-0.2, 0) is 0 Å². The summed E-state index contributed by atoms with van der Waals surface area (Å²) in [7, 11) is 0. The van der Waals surface area contributed by atoms with Gasteiger partial charge in [0.05, 0.1) is 11.4 Å². The van der Waals surface area contributed by atoms with E-state index in [-0.39, 0.29) is 11.8 Å². The number of para-hydroxylation sites is 1. The number of hydrazone groups is 1. The molecule has 0 aromatic heterocycles. The molecule has 3 nitrogen and oxygen atoms in total. The van der Waals surface area contributed by atoms with Crippen LogP contribution in [0.2, 0.25) is 0 Å². The highest BCUT2D eigenvalue weighted by Crippen LogP contribution is 2.35. The van der Waals surface area contributed by atoms with Crippen LogP contribution in [0.3, 0.4) is 0 Å². The molecule has 0 amide bonds. The molecule has 0 aliphatic carbocycles. The number of nitrogens with zero attached hydrogens (tertiary/aromatic N) is 1. The van der Waals surface area contributed by atoms with Gasteiger partial charge >= 0.3 is 0 Å². The lowest BCUT2D eigenvalue weighted by molar-refractivity contribution is 0.206. The van der Waals surface area contributed by atoms with E-state index in [9.17, 15) is 8.78 Å². The van der Waals surface area contributed by atoms with Gasteiger partial charge in [-0.15, -0.1) is 0 Å². The molecule has 1 atom stereocenters. The average Bonchev–Trinajstić information content (AvgIpc) is 2.67. The monoisotopic (exact) mass is 350 g/mol. The summed E-state index contributed by atoms with van der Waals surface area (Å²) in [5.41, 5.74) is 5.49. The Hall–Kier alpha value is -3.21. The summed E-state index contributed by atoms with van der Waals surface area (Å²) in [5.74, 6) is -0.580. The number of nitrogens with one attached hydrogen (secondary N) is 1. The predicted molar refractivity (Wildman–Crippen MR) is 97.4 cm³/mol. The number of hydrogen-bond acceptors (Lipinski definition) is 3. The van der Waals surface area contributed by atoms with E-state index in [1.54, 1.807) is 0 Å². The summed E-state index contributed by atoms with van der Waals surface area (Å²) in [5, 5.41) is 4.39. The lowest BCUT2D eigenvalue weighted by Crippen LogP contribution is -2.21. The third kappa shape index (κ3) is 3.28. The number of fused-ring (bicyclic) bond motifs is 1. The minimum Gasteiger partial charge on any atom is -0.485 e. The lowest BCUT2D eigenvalue weighted by atomic mass is 9.96. The van der Waals surface area contributed by atoms with Crippen molar-refractivity contribution < 1.29 is 13.5 Å². The van der Waals surface area contributed by atoms with Crippen LogP contribution < -0.4 is 10.2 Å². The van der Waals surface area contributed by atoms with Crippen molar-refractivity contribution in [2.24, 2.45) is 5.10 Å². The van der Waals surface area contributed by atoms with Crippen LogP contribution in [0, 0.1) is 11.6 Å². The summed E-state index contributed by atoms with van der Waals surface area (Å²) in [6.45, 7) is 0. The largest absolute Gasteiger partial charge is 0.485 e. The van der Waals surface area contributed by atoms with E-state index >= 15 is 0 Å². The first-order valence-electron chi connectivity index (χ1n) is 8.29. The van der Waals surface area contributed by atoms with Gasteiger partial charge < -0.3 is 4.74 Å². The first-order chi connectivity index (χ1) is 12.7. The summed E-state index contributed by atoms with van der Waals surface area (Å²) < 4.78 is 33.0. The van der Waals surface area contributed by atoms with Crippen molar-refractivity contribution in [3.63, 3.8) is 0 Å². The van der Waals surface area contributed by atoms with Crippen LogP contribution in [0.15, 0.2) is 77.9 Å². The number of rotatable bonds is 3. The molecule has 1 N–H and O–H groups in total. The molecule has 4 rings (SSSR count). The highest BCUT2D eigenvalue weighted by molar-refractivity contribution is 6.04. The fourth-order valence-electron chi connectivity index (χ4n) is 2.96. The first-order valence-corrected chi connectivity index (χ1v) is 8.29. The van der Waals surface area contributed by atoms with Crippen molar-refractivity contribution in [3.05, 3.63) is 95.6 Å². The van der Waals surface area contributed by atoms with Crippen LogP contribution in [0.25, 0.3) is 0 Å². The standard InChI is InChI=1S/C21H16F2N2O/c22-15-10-11-18(17(23)12-15)24-25-19-13-21(14-6-2-1-3-7-14)26-20-9-5-4-8-16(19)20/h1-12,21,24H,13H2/t21-/m1/s1. The topological polar surface area (TPSA) is 33.6 Å². The highest BCUT2D eigenvalue weighted by Gasteiger charge is 2.26. The summed E-state index contributed by atoms with van der Waals surface area (Å²) in [6.07, 6.45) is 0.362. The highest BCUT2D eigenvalue weighted by atomic mass is 19.1. The third-order valence-corrected chi connectivity index (χ3v) is 4.26. The Bertz CT molecular complexity index is 957. The van der Waals surface area contributed by atoms with Gasteiger partial charge in [-0.25, -0.2) is 8.78 Å². The second kappa shape index (κ2) is 6.96. The molecule has 1 heterocycles. The van der Waals surface area contributed by atoms with Crippen LogP contribution in [0.4, 0.5) is 14.5 Å². The van der Waals surface area contributed by atoms with Gasteiger partial charge in [0, 0.05) is 18.1 Å². The number of halogens is 2. The Kier molecular flexibility index (Phi) is 4.35. The molecular weight excluding hydrogens is 334 g/mol. The second-order valence-electron chi connectivity index (χ2n) is 6.01. The van der Waals surface area contributed by atoms with Crippen molar-refractivity contribution in [2.45, 2.75) is 12.5 Å². The molecule has 0 bridgehead atoms. The van der Waals surface area contributed by atoms with Crippen LogP contribution in [-0.4, -0.2) is 5.71 Å². The van der Waals surface area contributed by atoms with Crippen molar-refractivity contribution in [3.8, 4) is 5.75 Å². The lowest BCUT2D eigenvalue weighted by Gasteiger charge is -2.27. The molecular formula is C21H16F2N2O. The molecule has 0 spiro atoms. The minimum absolute atomic E-state index is 0.124. The van der Waals surface area contributed by atoms with E-state index in [0.717, 1.165) is 28.7 Å². The average molecular weight is 350 g/mol. The quantitative estimate of drug-likeness (QED) is 0.650. The molecule has 0 radical (unpaired) electrons. The molecule has 1 aliphatic rings. The second-order valence-corrected chi connectivity index (χ2v) is 6.01. The van der Waals surface area contributed by atoms with Gasteiger partial charge in [0.15, 0.2) is 5.82 Å². The normalized spacial score (nSPS) is 17.5. The van der Waals surface area contributed by atoms with Gasteiger partial charge in [-0.1, -0.05) is 42.5 Å². The van der Waals surface area contributed by atoms with Crippen molar-refractivity contribution in [2.75, 3.05) is 5.43 Å². The van der Waals surface area contributed by atoms with E-state index in [1.807, 2.05) is 54.6 Å². The molecule has 26 heavy (non-hydrogen) atoms. The van der Waals surface area contributed by atoms with Crippen LogP contribution >= 0.6 is 0 Å². The summed E-state index contributed by atoms with van der Waals surface area (Å²) in [6, 6.07) is 20.8. The maximum absolute atomic E-state index is 13.8. The van der Waals surface area contributed by atoms with Gasteiger partial charge in [0.25, 0.3) is 0 Å². The van der Waals surface area contributed by atoms with E-state index in [1.165, 1.54) is 12.1 Å². The Morgan fingerprint density at radius 2 is 1.69 bits per heavy atom. The van der Waals surface area contributed by atoms with Gasteiger partial charge in [-0.2, -0.15) is 5.10 Å². The number of hydrogen-bond donors (Lipinski definition) is 1.